The number of rotatable bonds is 8. The third kappa shape index (κ3) is 4.85. The molecule has 36 heavy (non-hydrogen) atoms. The fraction of sp³-hybridized carbons (Fsp3) is 0.222. The van der Waals surface area contributed by atoms with Crippen LogP contribution in [0, 0.1) is 6.92 Å². The molecule has 0 atom stereocenters. The van der Waals surface area contributed by atoms with Crippen molar-refractivity contribution < 1.29 is 9.26 Å². The number of aryl methyl sites for hydroxylation is 1. The van der Waals surface area contributed by atoms with Gasteiger partial charge < -0.3 is 25.2 Å². The number of nitrogens with one attached hydrogen (secondary N) is 3. The molecule has 0 unspecified atom stereocenters. The summed E-state index contributed by atoms with van der Waals surface area (Å²) in [6, 6.07) is 14.4. The topological polar surface area (TPSA) is 97.1 Å². The highest BCUT2D eigenvalue weighted by Gasteiger charge is 2.16. The number of hydrogen-bond acceptors (Lipinski definition) is 8. The van der Waals surface area contributed by atoms with Gasteiger partial charge in [-0.1, -0.05) is 41.0 Å². The molecule has 0 amide bonds. The Morgan fingerprint density at radius 3 is 2.53 bits per heavy atom. The second kappa shape index (κ2) is 10.3. The minimum absolute atomic E-state index is 0.361. The van der Waals surface area contributed by atoms with Gasteiger partial charge in [0, 0.05) is 18.8 Å². The maximum absolute atomic E-state index is 6.25. The van der Waals surface area contributed by atoms with Crippen LogP contribution >= 0.6 is 11.6 Å². The largest absolute Gasteiger partial charge is 0.495 e. The quantitative estimate of drug-likeness (QED) is 0.245. The van der Waals surface area contributed by atoms with Gasteiger partial charge in [-0.25, -0.2) is 4.98 Å². The van der Waals surface area contributed by atoms with Crippen LogP contribution < -0.4 is 20.7 Å². The number of halogens is 1. The smallest absolute Gasteiger partial charge is 0.229 e. The molecule has 2 aromatic heterocycles. The van der Waals surface area contributed by atoms with Crippen molar-refractivity contribution in [3.63, 3.8) is 0 Å². The van der Waals surface area contributed by atoms with Gasteiger partial charge in [0.1, 0.15) is 17.0 Å². The van der Waals surface area contributed by atoms with Crippen LogP contribution in [-0.2, 0) is 0 Å². The lowest BCUT2D eigenvalue weighted by Crippen LogP contribution is -2.12. The number of allylic oxidation sites excluding steroid dienone is 1. The Morgan fingerprint density at radius 1 is 1.08 bits per heavy atom. The molecule has 0 aliphatic heterocycles. The van der Waals surface area contributed by atoms with Crippen molar-refractivity contribution in [2.75, 3.05) is 24.8 Å². The SMILES string of the molecule is CNC(=C1CCC1)c1ccc(-c2cc(OC)c(Nc3ncc(Cl)c(Nc4ccon4)n3)cc2C)cc1. The van der Waals surface area contributed by atoms with E-state index in [0.29, 0.717) is 28.4 Å². The van der Waals surface area contributed by atoms with E-state index in [9.17, 15) is 0 Å². The van der Waals surface area contributed by atoms with E-state index >= 15 is 0 Å². The minimum Gasteiger partial charge on any atom is -0.495 e. The van der Waals surface area contributed by atoms with Crippen molar-refractivity contribution in [2.24, 2.45) is 0 Å². The number of ether oxygens (including phenoxy) is 1. The number of aromatic nitrogens is 3. The molecular formula is C27H27ClN6O2. The Morgan fingerprint density at radius 2 is 1.89 bits per heavy atom. The molecular weight excluding hydrogens is 476 g/mol. The molecule has 3 N–H and O–H groups in total. The summed E-state index contributed by atoms with van der Waals surface area (Å²) >= 11 is 6.25. The first-order chi connectivity index (χ1) is 17.6. The van der Waals surface area contributed by atoms with Gasteiger partial charge in [0.25, 0.3) is 0 Å². The lowest BCUT2D eigenvalue weighted by Gasteiger charge is -2.22. The standard InChI is InChI=1S/C27H27ClN6O2/c1-16-13-22(31-27-30-15-21(28)26(33-27)32-24-11-12-36-34-24)23(35-3)14-20(16)17-7-9-19(10-8-17)25(29-2)18-5-4-6-18/h7-15,29H,4-6H2,1-3H3,(H2,30,31,32,33,34). The van der Waals surface area contributed by atoms with Crippen LogP contribution in [0.5, 0.6) is 5.75 Å². The molecule has 2 heterocycles. The van der Waals surface area contributed by atoms with Crippen molar-refractivity contribution in [2.45, 2.75) is 26.2 Å². The predicted molar refractivity (Wildman–Crippen MR) is 143 cm³/mol. The Kier molecular flexibility index (Phi) is 6.77. The van der Waals surface area contributed by atoms with Crippen molar-refractivity contribution in [3.05, 3.63) is 76.6 Å². The average Bonchev–Trinajstić information content (AvgIpc) is 3.37. The van der Waals surface area contributed by atoms with Crippen LogP contribution in [0.3, 0.4) is 0 Å². The van der Waals surface area contributed by atoms with E-state index in [4.69, 9.17) is 20.9 Å². The van der Waals surface area contributed by atoms with Crippen LogP contribution in [0.15, 0.2) is 65.0 Å². The van der Waals surface area contributed by atoms with Crippen LogP contribution in [0.25, 0.3) is 16.8 Å². The van der Waals surface area contributed by atoms with E-state index in [1.54, 1.807) is 13.2 Å². The maximum Gasteiger partial charge on any atom is 0.229 e. The van der Waals surface area contributed by atoms with Gasteiger partial charge in [0.05, 0.1) is 19.0 Å². The summed E-state index contributed by atoms with van der Waals surface area (Å²) in [7, 11) is 3.64. The minimum atomic E-state index is 0.361. The summed E-state index contributed by atoms with van der Waals surface area (Å²) in [5.41, 5.74) is 8.02. The summed E-state index contributed by atoms with van der Waals surface area (Å²) in [5, 5.41) is 13.8. The molecule has 2 aromatic carbocycles. The van der Waals surface area contributed by atoms with E-state index in [-0.39, 0.29) is 0 Å². The third-order valence-corrected chi connectivity index (χ3v) is 6.54. The maximum atomic E-state index is 6.25. The molecule has 4 aromatic rings. The predicted octanol–water partition coefficient (Wildman–Crippen LogP) is 6.70. The first-order valence-corrected chi connectivity index (χ1v) is 12.1. The van der Waals surface area contributed by atoms with E-state index in [2.05, 4.69) is 62.3 Å². The Hall–Kier alpha value is -4.04. The number of hydrogen-bond donors (Lipinski definition) is 3. The lowest BCUT2D eigenvalue weighted by molar-refractivity contribution is 0.417. The van der Waals surface area contributed by atoms with Gasteiger partial charge in [0.2, 0.25) is 5.95 Å². The first kappa shape index (κ1) is 23.7. The van der Waals surface area contributed by atoms with Gasteiger partial charge in [0.15, 0.2) is 11.6 Å². The second-order valence-corrected chi connectivity index (χ2v) is 8.96. The first-order valence-electron chi connectivity index (χ1n) is 11.7. The summed E-state index contributed by atoms with van der Waals surface area (Å²) in [6.07, 6.45) is 6.62. The summed E-state index contributed by atoms with van der Waals surface area (Å²) in [6.45, 7) is 2.07. The molecule has 1 aliphatic rings. The van der Waals surface area contributed by atoms with Gasteiger partial charge in [-0.2, -0.15) is 4.98 Å². The zero-order valence-corrected chi connectivity index (χ0v) is 21.1. The highest BCUT2D eigenvalue weighted by Crippen LogP contribution is 2.37. The highest BCUT2D eigenvalue weighted by atomic mass is 35.5. The number of nitrogens with zero attached hydrogens (tertiary/aromatic N) is 3. The molecule has 0 saturated heterocycles. The Labute approximate surface area is 214 Å². The fourth-order valence-electron chi connectivity index (χ4n) is 4.24. The number of methoxy groups -OCH3 is 1. The molecule has 1 saturated carbocycles. The molecule has 8 nitrogen and oxygen atoms in total. The third-order valence-electron chi connectivity index (χ3n) is 6.27. The zero-order chi connectivity index (χ0) is 25.1. The molecule has 5 rings (SSSR count). The lowest BCUT2D eigenvalue weighted by atomic mass is 9.88. The average molecular weight is 503 g/mol. The van der Waals surface area contributed by atoms with E-state index < -0.39 is 0 Å². The molecule has 9 heteroatoms. The van der Waals surface area contributed by atoms with Gasteiger partial charge >= 0.3 is 0 Å². The number of anilines is 4. The monoisotopic (exact) mass is 502 g/mol. The van der Waals surface area contributed by atoms with Crippen molar-refractivity contribution in [1.82, 2.24) is 20.4 Å². The molecule has 1 aliphatic carbocycles. The van der Waals surface area contributed by atoms with E-state index in [1.165, 1.54) is 48.6 Å². The van der Waals surface area contributed by atoms with E-state index in [1.807, 2.05) is 19.2 Å². The van der Waals surface area contributed by atoms with E-state index in [0.717, 1.165) is 22.4 Å². The normalized spacial score (nSPS) is 12.6. The van der Waals surface area contributed by atoms with Gasteiger partial charge in [-0.15, -0.1) is 0 Å². The van der Waals surface area contributed by atoms with Gasteiger partial charge in [-0.05, 0) is 66.1 Å². The highest BCUT2D eigenvalue weighted by molar-refractivity contribution is 6.32. The summed E-state index contributed by atoms with van der Waals surface area (Å²) < 4.78 is 10.6. The Balaban J connectivity index is 1.40. The van der Waals surface area contributed by atoms with Crippen molar-refractivity contribution in [1.29, 1.82) is 0 Å². The zero-order valence-electron chi connectivity index (χ0n) is 20.4. The summed E-state index contributed by atoms with van der Waals surface area (Å²) in [5.74, 6) is 1.95. The van der Waals surface area contributed by atoms with Crippen molar-refractivity contribution in [3.8, 4) is 16.9 Å². The Bertz CT molecular complexity index is 1390. The molecule has 0 spiro atoms. The van der Waals surface area contributed by atoms with Crippen LogP contribution in [-0.4, -0.2) is 29.3 Å². The summed E-state index contributed by atoms with van der Waals surface area (Å²) in [4.78, 5) is 8.78. The molecule has 0 bridgehead atoms. The number of benzene rings is 2. The molecule has 0 radical (unpaired) electrons. The molecule has 1 fully saturated rings. The second-order valence-electron chi connectivity index (χ2n) is 8.55. The molecule has 184 valence electrons. The van der Waals surface area contributed by atoms with Crippen LogP contribution in [0.1, 0.15) is 30.4 Å². The van der Waals surface area contributed by atoms with Crippen LogP contribution in [0.4, 0.5) is 23.3 Å². The van der Waals surface area contributed by atoms with Gasteiger partial charge in [-0.3, -0.25) is 0 Å². The fourth-order valence-corrected chi connectivity index (χ4v) is 4.38. The van der Waals surface area contributed by atoms with Crippen molar-refractivity contribution >= 4 is 40.6 Å². The van der Waals surface area contributed by atoms with Crippen LogP contribution in [0.2, 0.25) is 5.02 Å².